The smallest absolute Gasteiger partial charge is 0.435 e. The fourth-order valence-corrected chi connectivity index (χ4v) is 1.86. The molecule has 2 aromatic rings. The second-order valence-electron chi connectivity index (χ2n) is 3.94. The predicted molar refractivity (Wildman–Crippen MR) is 70.2 cm³/mol. The molecule has 0 radical (unpaired) electrons. The third-order valence-corrected chi connectivity index (χ3v) is 3.08. The second-order valence-corrected chi connectivity index (χ2v) is 4.80. The van der Waals surface area contributed by atoms with Crippen LogP contribution >= 0.6 is 15.9 Å². The molecule has 0 atom stereocenters. The van der Waals surface area contributed by atoms with E-state index in [0.717, 1.165) is 11.6 Å². The Morgan fingerprint density at radius 3 is 2.45 bits per heavy atom. The number of hydrogen-bond acceptors (Lipinski definition) is 4. The van der Waals surface area contributed by atoms with Gasteiger partial charge in [0.2, 0.25) is 0 Å². The molecular formula is C12H9BrF3N3O. The van der Waals surface area contributed by atoms with Crippen LogP contribution in [0.5, 0.6) is 5.75 Å². The minimum Gasteiger partial charge on any atom is -0.507 e. The van der Waals surface area contributed by atoms with E-state index in [1.54, 1.807) is 12.1 Å². The highest BCUT2D eigenvalue weighted by Crippen LogP contribution is 2.27. The van der Waals surface area contributed by atoms with Gasteiger partial charge in [0, 0.05) is 6.54 Å². The number of anilines is 1. The van der Waals surface area contributed by atoms with Gasteiger partial charge in [0.05, 0.1) is 4.47 Å². The van der Waals surface area contributed by atoms with E-state index < -0.39 is 11.9 Å². The highest BCUT2D eigenvalue weighted by Gasteiger charge is 2.32. The van der Waals surface area contributed by atoms with Gasteiger partial charge in [-0.25, -0.2) is 0 Å². The lowest BCUT2D eigenvalue weighted by atomic mass is 10.2. The molecule has 1 aromatic heterocycles. The van der Waals surface area contributed by atoms with Crippen molar-refractivity contribution in [3.05, 3.63) is 46.1 Å². The van der Waals surface area contributed by atoms with Gasteiger partial charge in [-0.3, -0.25) is 0 Å². The van der Waals surface area contributed by atoms with Gasteiger partial charge in [-0.1, -0.05) is 6.07 Å². The molecule has 0 fully saturated rings. The number of aromatic hydroxyl groups is 1. The summed E-state index contributed by atoms with van der Waals surface area (Å²) in [5.74, 6) is 0.352. The molecule has 0 bridgehead atoms. The third-order valence-electron chi connectivity index (χ3n) is 2.44. The maximum atomic E-state index is 12.3. The van der Waals surface area contributed by atoms with Gasteiger partial charge in [-0.2, -0.15) is 13.2 Å². The Balaban J connectivity index is 2.02. The third kappa shape index (κ3) is 3.60. The molecule has 0 unspecified atom stereocenters. The molecule has 1 aromatic carbocycles. The summed E-state index contributed by atoms with van der Waals surface area (Å²) in [4.78, 5) is 0. The van der Waals surface area contributed by atoms with Gasteiger partial charge in [-0.15, -0.1) is 10.2 Å². The highest BCUT2D eigenvalue weighted by atomic mass is 79.9. The maximum absolute atomic E-state index is 12.3. The fourth-order valence-electron chi connectivity index (χ4n) is 1.43. The summed E-state index contributed by atoms with van der Waals surface area (Å²) in [5, 5.41) is 18.7. The number of nitrogens with zero attached hydrogens (tertiary/aromatic N) is 2. The lowest BCUT2D eigenvalue weighted by molar-refractivity contribution is -0.141. The van der Waals surface area contributed by atoms with Gasteiger partial charge in [0.25, 0.3) is 0 Å². The molecule has 106 valence electrons. The monoisotopic (exact) mass is 347 g/mol. The molecular weight excluding hydrogens is 339 g/mol. The fraction of sp³-hybridized carbons (Fsp3) is 0.167. The number of benzene rings is 1. The SMILES string of the molecule is Oc1ccc(CNc2ccc(C(F)(F)F)nn2)cc1Br. The van der Waals surface area contributed by atoms with Crippen LogP contribution in [0.3, 0.4) is 0 Å². The topological polar surface area (TPSA) is 58.0 Å². The van der Waals surface area contributed by atoms with Crippen molar-refractivity contribution in [1.29, 1.82) is 0 Å². The van der Waals surface area contributed by atoms with Crippen LogP contribution in [-0.2, 0) is 12.7 Å². The molecule has 20 heavy (non-hydrogen) atoms. The lowest BCUT2D eigenvalue weighted by Crippen LogP contribution is -2.10. The summed E-state index contributed by atoms with van der Waals surface area (Å²) >= 11 is 3.17. The van der Waals surface area contributed by atoms with Crippen LogP contribution in [-0.4, -0.2) is 15.3 Å². The maximum Gasteiger partial charge on any atom is 0.435 e. The first-order valence-corrected chi connectivity index (χ1v) is 6.28. The first-order chi connectivity index (χ1) is 9.36. The van der Waals surface area contributed by atoms with Crippen molar-refractivity contribution in [3.8, 4) is 5.75 Å². The van der Waals surface area contributed by atoms with Crippen molar-refractivity contribution < 1.29 is 18.3 Å². The van der Waals surface area contributed by atoms with Gasteiger partial charge < -0.3 is 10.4 Å². The molecule has 0 amide bonds. The van der Waals surface area contributed by atoms with E-state index in [0.29, 0.717) is 11.0 Å². The summed E-state index contributed by atoms with van der Waals surface area (Å²) in [6, 6.07) is 6.97. The number of halogens is 4. The zero-order valence-corrected chi connectivity index (χ0v) is 11.5. The van der Waals surface area contributed by atoms with E-state index in [9.17, 15) is 18.3 Å². The quantitative estimate of drug-likeness (QED) is 0.890. The van der Waals surface area contributed by atoms with Crippen LogP contribution in [0.4, 0.5) is 19.0 Å². The molecule has 0 spiro atoms. The van der Waals surface area contributed by atoms with Crippen molar-refractivity contribution in [1.82, 2.24) is 10.2 Å². The Kier molecular flexibility index (Phi) is 4.12. The molecule has 0 saturated heterocycles. The second kappa shape index (κ2) is 5.66. The molecule has 2 rings (SSSR count). The van der Waals surface area contributed by atoms with E-state index in [1.165, 1.54) is 12.1 Å². The number of aromatic nitrogens is 2. The van der Waals surface area contributed by atoms with Crippen LogP contribution in [0.2, 0.25) is 0 Å². The summed E-state index contributed by atoms with van der Waals surface area (Å²) < 4.78 is 37.4. The summed E-state index contributed by atoms with van der Waals surface area (Å²) in [7, 11) is 0. The van der Waals surface area contributed by atoms with E-state index in [2.05, 4.69) is 31.4 Å². The lowest BCUT2D eigenvalue weighted by Gasteiger charge is -2.08. The first-order valence-electron chi connectivity index (χ1n) is 5.48. The Morgan fingerprint density at radius 1 is 1.15 bits per heavy atom. The van der Waals surface area contributed by atoms with Crippen LogP contribution < -0.4 is 5.32 Å². The molecule has 0 aliphatic carbocycles. The number of hydrogen-bond donors (Lipinski definition) is 2. The summed E-state index contributed by atoms with van der Waals surface area (Å²) in [5.41, 5.74) is -0.202. The molecule has 8 heteroatoms. The number of alkyl halides is 3. The van der Waals surface area contributed by atoms with Gasteiger partial charge in [-0.05, 0) is 45.8 Å². The standard InChI is InChI=1S/C12H9BrF3N3O/c13-8-5-7(1-2-9(8)20)6-17-11-4-3-10(18-19-11)12(14,15)16/h1-5,20H,6H2,(H,17,19). The Labute approximate surface area is 120 Å². The molecule has 1 heterocycles. The summed E-state index contributed by atoms with van der Waals surface area (Å²) in [6.45, 7) is 0.346. The Hall–Kier alpha value is -1.83. The van der Waals surface area contributed by atoms with Crippen LogP contribution in [0, 0.1) is 0 Å². The largest absolute Gasteiger partial charge is 0.507 e. The number of phenolic OH excluding ortho intramolecular Hbond substituents is 1. The van der Waals surface area contributed by atoms with E-state index in [4.69, 9.17) is 0 Å². The first kappa shape index (κ1) is 14.6. The number of nitrogens with one attached hydrogen (secondary N) is 1. The molecule has 4 nitrogen and oxygen atoms in total. The van der Waals surface area contributed by atoms with Gasteiger partial charge in [0.1, 0.15) is 11.6 Å². The van der Waals surface area contributed by atoms with Crippen LogP contribution in [0.25, 0.3) is 0 Å². The normalized spacial score (nSPS) is 11.4. The molecule has 0 aliphatic heterocycles. The highest BCUT2D eigenvalue weighted by molar-refractivity contribution is 9.10. The van der Waals surface area contributed by atoms with E-state index in [1.807, 2.05) is 0 Å². The number of phenols is 1. The van der Waals surface area contributed by atoms with Crippen LogP contribution in [0.15, 0.2) is 34.8 Å². The van der Waals surface area contributed by atoms with Gasteiger partial charge in [0.15, 0.2) is 5.69 Å². The minimum absolute atomic E-state index is 0.114. The average molecular weight is 348 g/mol. The van der Waals surface area contributed by atoms with Crippen LogP contribution in [0.1, 0.15) is 11.3 Å². The molecule has 0 aliphatic rings. The average Bonchev–Trinajstić information content (AvgIpc) is 2.40. The van der Waals surface area contributed by atoms with Crippen molar-refractivity contribution in [2.24, 2.45) is 0 Å². The zero-order chi connectivity index (χ0) is 14.8. The van der Waals surface area contributed by atoms with E-state index in [-0.39, 0.29) is 11.6 Å². The Morgan fingerprint density at radius 2 is 1.90 bits per heavy atom. The predicted octanol–water partition coefficient (Wildman–Crippen LogP) is 3.58. The Bertz CT molecular complexity index is 602. The number of rotatable bonds is 3. The van der Waals surface area contributed by atoms with Crippen molar-refractivity contribution in [2.75, 3.05) is 5.32 Å². The van der Waals surface area contributed by atoms with Crippen molar-refractivity contribution in [2.45, 2.75) is 12.7 Å². The summed E-state index contributed by atoms with van der Waals surface area (Å²) in [6.07, 6.45) is -4.49. The minimum atomic E-state index is -4.49. The molecule has 0 saturated carbocycles. The van der Waals surface area contributed by atoms with E-state index >= 15 is 0 Å². The zero-order valence-electron chi connectivity index (χ0n) is 9.95. The van der Waals surface area contributed by atoms with Crippen molar-refractivity contribution >= 4 is 21.7 Å². The van der Waals surface area contributed by atoms with Crippen molar-refractivity contribution in [3.63, 3.8) is 0 Å². The molecule has 2 N–H and O–H groups in total. The van der Waals surface area contributed by atoms with Gasteiger partial charge >= 0.3 is 6.18 Å².